The molecule has 1 fully saturated rings. The maximum Gasteiger partial charge on any atom is 0.0825 e. The minimum Gasteiger partial charge on any atom is -0.377 e. The van der Waals surface area contributed by atoms with E-state index in [-0.39, 0.29) is 5.60 Å². The summed E-state index contributed by atoms with van der Waals surface area (Å²) < 4.78 is 5.68. The molecule has 0 aliphatic carbocycles. The third-order valence-electron chi connectivity index (χ3n) is 4.13. The van der Waals surface area contributed by atoms with Crippen LogP contribution in [0, 0.1) is 6.92 Å². The van der Waals surface area contributed by atoms with Gasteiger partial charge in [-0.1, -0.05) is 12.1 Å². The van der Waals surface area contributed by atoms with Crippen molar-refractivity contribution < 1.29 is 4.74 Å². The second-order valence-corrected chi connectivity index (χ2v) is 5.83. The second-order valence-electron chi connectivity index (χ2n) is 5.83. The first-order chi connectivity index (χ1) is 9.08. The second kappa shape index (κ2) is 5.93. The predicted octanol–water partition coefficient (Wildman–Crippen LogP) is 2.72. The van der Waals surface area contributed by atoms with E-state index in [9.17, 15) is 0 Å². The van der Waals surface area contributed by atoms with Crippen LogP contribution in [0.3, 0.4) is 0 Å². The molecule has 0 spiro atoms. The van der Waals surface area contributed by atoms with E-state index < -0.39 is 0 Å². The van der Waals surface area contributed by atoms with Crippen molar-refractivity contribution in [2.45, 2.75) is 38.8 Å². The van der Waals surface area contributed by atoms with Crippen molar-refractivity contribution in [1.29, 1.82) is 0 Å². The topological polar surface area (TPSA) is 24.5 Å². The molecule has 0 amide bonds. The van der Waals surface area contributed by atoms with Crippen molar-refractivity contribution >= 4 is 5.69 Å². The molecule has 0 bridgehead atoms. The van der Waals surface area contributed by atoms with E-state index in [1.807, 2.05) is 14.2 Å². The van der Waals surface area contributed by atoms with Gasteiger partial charge in [-0.25, -0.2) is 0 Å². The summed E-state index contributed by atoms with van der Waals surface area (Å²) in [7, 11) is 3.81. The molecule has 0 saturated carbocycles. The fourth-order valence-electron chi connectivity index (χ4n) is 2.96. The van der Waals surface area contributed by atoms with Crippen LogP contribution in [-0.4, -0.2) is 32.8 Å². The molecule has 3 heteroatoms. The maximum atomic E-state index is 5.68. The van der Waals surface area contributed by atoms with Gasteiger partial charge in [-0.3, -0.25) is 0 Å². The number of benzene rings is 1. The Bertz CT molecular complexity index is 433. The van der Waals surface area contributed by atoms with Gasteiger partial charge in [0.15, 0.2) is 0 Å². The number of rotatable bonds is 4. The lowest BCUT2D eigenvalue weighted by Gasteiger charge is -2.41. The van der Waals surface area contributed by atoms with Crippen molar-refractivity contribution in [2.75, 3.05) is 32.1 Å². The number of nitrogens with zero attached hydrogens (tertiary/aromatic N) is 1. The normalized spacial score (nSPS) is 23.7. The van der Waals surface area contributed by atoms with Crippen LogP contribution < -0.4 is 10.2 Å². The number of hydrogen-bond acceptors (Lipinski definition) is 3. The zero-order chi connectivity index (χ0) is 13.9. The van der Waals surface area contributed by atoms with Crippen molar-refractivity contribution in [2.24, 2.45) is 0 Å². The van der Waals surface area contributed by atoms with Crippen LogP contribution in [0.1, 0.15) is 30.9 Å². The molecule has 1 aliphatic heterocycles. The van der Waals surface area contributed by atoms with Gasteiger partial charge in [0.25, 0.3) is 0 Å². The van der Waals surface area contributed by atoms with Crippen molar-refractivity contribution in [3.05, 3.63) is 29.3 Å². The summed E-state index contributed by atoms with van der Waals surface area (Å²) in [6.07, 6.45) is 2.35. The number of ether oxygens (including phenoxy) is 1. The van der Waals surface area contributed by atoms with Gasteiger partial charge in [0.1, 0.15) is 0 Å². The number of anilines is 1. The first-order valence-corrected chi connectivity index (χ1v) is 7.12. The molecule has 1 N–H and O–H groups in total. The lowest BCUT2D eigenvalue weighted by molar-refractivity contribution is -0.00467. The van der Waals surface area contributed by atoms with Crippen molar-refractivity contribution in [3.8, 4) is 0 Å². The lowest BCUT2D eigenvalue weighted by Crippen LogP contribution is -2.47. The third-order valence-corrected chi connectivity index (χ3v) is 4.13. The Hall–Kier alpha value is -1.06. The first kappa shape index (κ1) is 14.4. The van der Waals surface area contributed by atoms with E-state index in [0.29, 0.717) is 0 Å². The van der Waals surface area contributed by atoms with Gasteiger partial charge in [0.05, 0.1) is 5.60 Å². The highest BCUT2D eigenvalue weighted by Gasteiger charge is 2.31. The largest absolute Gasteiger partial charge is 0.377 e. The van der Waals surface area contributed by atoms with Crippen LogP contribution in [-0.2, 0) is 11.3 Å². The molecule has 1 aromatic carbocycles. The number of aryl methyl sites for hydroxylation is 1. The van der Waals surface area contributed by atoms with Crippen LogP contribution >= 0.6 is 0 Å². The van der Waals surface area contributed by atoms with Crippen LogP contribution in [0.25, 0.3) is 0 Å². The standard InChI is InChI=1S/C16H26N2O/c1-13-10-14(11-17-3)6-7-15(13)18-9-5-8-16(2,12-18)19-4/h6-7,10,17H,5,8-9,11-12H2,1-4H3. The Balaban J connectivity index is 2.17. The molecule has 0 aromatic heterocycles. The fraction of sp³-hybridized carbons (Fsp3) is 0.625. The van der Waals surface area contributed by atoms with Gasteiger partial charge in [-0.15, -0.1) is 0 Å². The molecule has 1 atom stereocenters. The van der Waals surface area contributed by atoms with Crippen molar-refractivity contribution in [3.63, 3.8) is 0 Å². The molecule has 0 radical (unpaired) electrons. The van der Waals surface area contributed by atoms with Crippen LogP contribution in [0.15, 0.2) is 18.2 Å². The fourth-order valence-corrected chi connectivity index (χ4v) is 2.96. The number of nitrogens with one attached hydrogen (secondary N) is 1. The van der Waals surface area contributed by atoms with Crippen LogP contribution in [0.4, 0.5) is 5.69 Å². The predicted molar refractivity (Wildman–Crippen MR) is 80.8 cm³/mol. The summed E-state index contributed by atoms with van der Waals surface area (Å²) in [6.45, 7) is 7.45. The molecule has 1 unspecified atom stereocenters. The Kier molecular flexibility index (Phi) is 4.48. The summed E-state index contributed by atoms with van der Waals surface area (Å²) in [4.78, 5) is 2.46. The van der Waals surface area contributed by atoms with E-state index in [4.69, 9.17) is 4.74 Å². The van der Waals surface area contributed by atoms with Crippen LogP contribution in [0.5, 0.6) is 0 Å². The minimum atomic E-state index is -0.00562. The summed E-state index contributed by atoms with van der Waals surface area (Å²) in [5.74, 6) is 0. The Morgan fingerprint density at radius 1 is 1.42 bits per heavy atom. The van der Waals surface area contributed by atoms with Gasteiger partial charge in [0, 0.05) is 32.4 Å². The molecule has 19 heavy (non-hydrogen) atoms. The highest BCUT2D eigenvalue weighted by Crippen LogP contribution is 2.30. The van der Waals surface area contributed by atoms with Crippen LogP contribution in [0.2, 0.25) is 0 Å². The molecule has 3 nitrogen and oxygen atoms in total. The minimum absolute atomic E-state index is 0.00562. The highest BCUT2D eigenvalue weighted by atomic mass is 16.5. The van der Waals surface area contributed by atoms with Gasteiger partial charge < -0.3 is 15.0 Å². The molecule has 1 aromatic rings. The Morgan fingerprint density at radius 2 is 2.21 bits per heavy atom. The van der Waals surface area contributed by atoms with Crippen molar-refractivity contribution in [1.82, 2.24) is 5.32 Å². The summed E-state index contributed by atoms with van der Waals surface area (Å²) in [6, 6.07) is 6.76. The van der Waals surface area contributed by atoms with Gasteiger partial charge in [-0.2, -0.15) is 0 Å². The Labute approximate surface area is 116 Å². The smallest absolute Gasteiger partial charge is 0.0825 e. The number of methoxy groups -OCH3 is 1. The lowest BCUT2D eigenvalue weighted by atomic mass is 9.93. The average Bonchev–Trinajstić information content (AvgIpc) is 2.39. The first-order valence-electron chi connectivity index (χ1n) is 7.12. The molecule has 106 valence electrons. The van der Waals surface area contributed by atoms with Gasteiger partial charge >= 0.3 is 0 Å². The van der Waals surface area contributed by atoms with Gasteiger partial charge in [0.2, 0.25) is 0 Å². The third kappa shape index (κ3) is 3.28. The summed E-state index contributed by atoms with van der Waals surface area (Å²) in [5.41, 5.74) is 4.04. The monoisotopic (exact) mass is 262 g/mol. The molecule has 1 aliphatic rings. The quantitative estimate of drug-likeness (QED) is 0.903. The maximum absolute atomic E-state index is 5.68. The summed E-state index contributed by atoms with van der Waals surface area (Å²) >= 11 is 0. The SMILES string of the molecule is CNCc1ccc(N2CCCC(C)(OC)C2)c(C)c1. The number of piperidine rings is 1. The van der Waals surface area contributed by atoms with E-state index >= 15 is 0 Å². The molecular weight excluding hydrogens is 236 g/mol. The highest BCUT2D eigenvalue weighted by molar-refractivity contribution is 5.55. The molecular formula is C16H26N2O. The average molecular weight is 262 g/mol. The van der Waals surface area contributed by atoms with Gasteiger partial charge in [-0.05, 0) is 50.9 Å². The zero-order valence-electron chi connectivity index (χ0n) is 12.6. The Morgan fingerprint density at radius 3 is 2.84 bits per heavy atom. The molecule has 1 heterocycles. The molecule has 2 rings (SSSR count). The summed E-state index contributed by atoms with van der Waals surface area (Å²) in [5, 5.41) is 3.20. The zero-order valence-corrected chi connectivity index (χ0v) is 12.6. The van der Waals surface area contributed by atoms with E-state index in [1.54, 1.807) is 0 Å². The van der Waals surface area contributed by atoms with E-state index in [1.165, 1.54) is 23.2 Å². The number of hydrogen-bond donors (Lipinski definition) is 1. The van der Waals surface area contributed by atoms with E-state index in [2.05, 4.69) is 42.3 Å². The molecule has 1 saturated heterocycles. The van der Waals surface area contributed by atoms with E-state index in [0.717, 1.165) is 26.1 Å².